The lowest BCUT2D eigenvalue weighted by Gasteiger charge is -1.92. The first-order valence-electron chi connectivity index (χ1n) is 3.70. The van der Waals surface area contributed by atoms with Crippen LogP contribution in [-0.4, -0.2) is 6.04 Å². The van der Waals surface area contributed by atoms with Gasteiger partial charge in [-0.25, -0.2) is 6.57 Å². The first kappa shape index (κ1) is 10.0. The van der Waals surface area contributed by atoms with Crippen LogP contribution in [0.25, 0.3) is 4.85 Å². The highest BCUT2D eigenvalue weighted by Crippen LogP contribution is 2.33. The molecule has 0 spiro atoms. The van der Waals surface area contributed by atoms with Crippen LogP contribution in [0.15, 0.2) is 22.3 Å². The Hall–Kier alpha value is -3.07. The summed E-state index contributed by atoms with van der Waals surface area (Å²) in [7, 11) is 0. The average Bonchev–Trinajstić information content (AvgIpc) is 2.59. The quantitative estimate of drug-likeness (QED) is 0.532. The molecule has 0 aromatic carbocycles. The Labute approximate surface area is 85.8 Å². The summed E-state index contributed by atoms with van der Waals surface area (Å²) >= 11 is 0. The standard InChI is InChI=1S/C10HN5/c1-15-10-8(4-13)6(2-11)7(3-12)9(10)5-14/h10H. The van der Waals surface area contributed by atoms with Crippen molar-refractivity contribution in [3.8, 4) is 24.3 Å². The largest absolute Gasteiger partial charge is 0.302 e. The van der Waals surface area contributed by atoms with E-state index in [1.54, 1.807) is 24.3 Å². The minimum atomic E-state index is -1.09. The maximum absolute atomic E-state index is 8.75. The SMILES string of the molecule is [C-]#[N+]C1C(C#N)=C(C#N)C(C#N)=C1C#N. The van der Waals surface area contributed by atoms with Gasteiger partial charge in [0, 0.05) is 0 Å². The van der Waals surface area contributed by atoms with Crippen molar-refractivity contribution in [3.63, 3.8) is 0 Å². The minimum absolute atomic E-state index is 0.111. The molecule has 0 aliphatic heterocycles. The zero-order valence-electron chi connectivity index (χ0n) is 7.31. The van der Waals surface area contributed by atoms with Crippen LogP contribution in [0.2, 0.25) is 0 Å². The first-order valence-corrected chi connectivity index (χ1v) is 3.70. The van der Waals surface area contributed by atoms with Crippen LogP contribution < -0.4 is 0 Å². The normalized spacial score (nSPS) is 14.9. The first-order chi connectivity index (χ1) is 7.24. The molecule has 0 heterocycles. The van der Waals surface area contributed by atoms with E-state index in [4.69, 9.17) is 27.6 Å². The van der Waals surface area contributed by atoms with Gasteiger partial charge in [-0.3, -0.25) is 0 Å². The molecule has 5 nitrogen and oxygen atoms in total. The molecule has 0 fully saturated rings. The van der Waals surface area contributed by atoms with E-state index in [0.29, 0.717) is 0 Å². The number of hydrogen-bond donors (Lipinski definition) is 0. The summed E-state index contributed by atoms with van der Waals surface area (Å²) in [6, 6.07) is 5.65. The molecule has 0 unspecified atom stereocenters. The van der Waals surface area contributed by atoms with Crippen LogP contribution in [-0.2, 0) is 0 Å². The molecule has 0 saturated heterocycles. The van der Waals surface area contributed by atoms with Gasteiger partial charge in [-0.05, 0) is 0 Å². The van der Waals surface area contributed by atoms with E-state index >= 15 is 0 Å². The van der Waals surface area contributed by atoms with Gasteiger partial charge in [0.1, 0.15) is 35.4 Å². The lowest BCUT2D eigenvalue weighted by atomic mass is 10.1. The molecule has 1 aliphatic rings. The second kappa shape index (κ2) is 3.76. The Morgan fingerprint density at radius 2 is 1.27 bits per heavy atom. The summed E-state index contributed by atoms with van der Waals surface area (Å²) in [5.74, 6) is 0. The van der Waals surface area contributed by atoms with E-state index in [0.717, 1.165) is 0 Å². The van der Waals surface area contributed by atoms with Crippen LogP contribution in [0.4, 0.5) is 0 Å². The fraction of sp³-hybridized carbons (Fsp3) is 0.100. The number of nitrogens with zero attached hydrogens (tertiary/aromatic N) is 5. The summed E-state index contributed by atoms with van der Waals surface area (Å²) < 4.78 is 0. The second-order valence-electron chi connectivity index (χ2n) is 2.56. The molecule has 0 saturated carbocycles. The van der Waals surface area contributed by atoms with Gasteiger partial charge in [0.25, 0.3) is 6.04 Å². The third kappa shape index (κ3) is 1.20. The molecule has 5 heteroatoms. The van der Waals surface area contributed by atoms with E-state index in [9.17, 15) is 0 Å². The molecule has 0 aromatic heterocycles. The molecule has 0 N–H and O–H groups in total. The number of hydrogen-bond acceptors (Lipinski definition) is 4. The molecular formula is C10HN5. The third-order valence-corrected chi connectivity index (χ3v) is 1.93. The summed E-state index contributed by atoms with van der Waals surface area (Å²) in [5, 5.41) is 35.0. The van der Waals surface area contributed by atoms with Gasteiger partial charge >= 0.3 is 0 Å². The van der Waals surface area contributed by atoms with Gasteiger partial charge < -0.3 is 4.85 Å². The van der Waals surface area contributed by atoms with Gasteiger partial charge in [0.2, 0.25) is 0 Å². The molecule has 0 bridgehead atoms. The van der Waals surface area contributed by atoms with E-state index in [-0.39, 0.29) is 22.3 Å². The molecule has 0 radical (unpaired) electrons. The van der Waals surface area contributed by atoms with Gasteiger partial charge in [0.05, 0.1) is 11.1 Å². The summed E-state index contributed by atoms with van der Waals surface area (Å²) in [6.07, 6.45) is 0. The fourth-order valence-corrected chi connectivity index (χ4v) is 1.28. The van der Waals surface area contributed by atoms with E-state index < -0.39 is 6.04 Å². The molecule has 0 amide bonds. The van der Waals surface area contributed by atoms with Crippen LogP contribution >= 0.6 is 0 Å². The monoisotopic (exact) mass is 191 g/mol. The zero-order chi connectivity index (χ0) is 11.4. The maximum Gasteiger partial charge on any atom is 0.295 e. The Bertz CT molecular complexity index is 538. The fourth-order valence-electron chi connectivity index (χ4n) is 1.28. The van der Waals surface area contributed by atoms with Gasteiger partial charge in [-0.1, -0.05) is 0 Å². The molecule has 0 aromatic rings. The zero-order valence-corrected chi connectivity index (χ0v) is 7.31. The lowest BCUT2D eigenvalue weighted by Crippen LogP contribution is -2.03. The summed E-state index contributed by atoms with van der Waals surface area (Å²) in [4.78, 5) is 3.08. The van der Waals surface area contributed by atoms with Crippen molar-refractivity contribution in [3.05, 3.63) is 33.7 Å². The lowest BCUT2D eigenvalue weighted by molar-refractivity contribution is 1.12. The highest BCUT2D eigenvalue weighted by atomic mass is 14.7. The predicted octanol–water partition coefficient (Wildman–Crippen LogP) is 0.975. The Balaban J connectivity index is 3.60. The smallest absolute Gasteiger partial charge is 0.295 e. The van der Waals surface area contributed by atoms with Gasteiger partial charge in [-0.2, -0.15) is 21.0 Å². The highest BCUT2D eigenvalue weighted by molar-refractivity contribution is 5.71. The van der Waals surface area contributed by atoms with Crippen molar-refractivity contribution in [2.24, 2.45) is 0 Å². The van der Waals surface area contributed by atoms with Crippen molar-refractivity contribution in [2.45, 2.75) is 6.04 Å². The average molecular weight is 191 g/mol. The molecule has 0 atom stereocenters. The van der Waals surface area contributed by atoms with Gasteiger partial charge in [0.15, 0.2) is 0 Å². The van der Waals surface area contributed by atoms with Crippen LogP contribution in [0.3, 0.4) is 0 Å². The molecule has 1 aliphatic carbocycles. The van der Waals surface area contributed by atoms with Crippen molar-refractivity contribution < 1.29 is 0 Å². The van der Waals surface area contributed by atoms with Crippen molar-refractivity contribution >= 4 is 0 Å². The Morgan fingerprint density at radius 1 is 0.867 bits per heavy atom. The predicted molar refractivity (Wildman–Crippen MR) is 46.9 cm³/mol. The van der Waals surface area contributed by atoms with Crippen molar-refractivity contribution in [2.75, 3.05) is 0 Å². The van der Waals surface area contributed by atoms with Crippen molar-refractivity contribution in [1.29, 1.82) is 21.0 Å². The van der Waals surface area contributed by atoms with Crippen LogP contribution in [0, 0.1) is 51.9 Å². The number of rotatable bonds is 0. The Kier molecular flexibility index (Phi) is 2.51. The van der Waals surface area contributed by atoms with Crippen LogP contribution in [0.5, 0.6) is 0 Å². The van der Waals surface area contributed by atoms with E-state index in [1.165, 1.54) is 0 Å². The highest BCUT2D eigenvalue weighted by Gasteiger charge is 2.39. The molecule has 1 rings (SSSR count). The van der Waals surface area contributed by atoms with E-state index in [2.05, 4.69) is 4.85 Å². The second-order valence-corrected chi connectivity index (χ2v) is 2.56. The van der Waals surface area contributed by atoms with Gasteiger partial charge in [-0.15, -0.1) is 0 Å². The number of allylic oxidation sites excluding steroid dienone is 2. The minimum Gasteiger partial charge on any atom is -0.302 e. The molecular weight excluding hydrogens is 190 g/mol. The number of nitriles is 4. The summed E-state index contributed by atoms with van der Waals surface area (Å²) in [6.45, 7) is 6.83. The molecule has 15 heavy (non-hydrogen) atoms. The molecule has 66 valence electrons. The maximum atomic E-state index is 8.75. The summed E-state index contributed by atoms with van der Waals surface area (Å²) in [5.41, 5.74) is -0.531. The van der Waals surface area contributed by atoms with Crippen LogP contribution in [0.1, 0.15) is 0 Å². The third-order valence-electron chi connectivity index (χ3n) is 1.93. The Morgan fingerprint density at radius 3 is 1.47 bits per heavy atom. The van der Waals surface area contributed by atoms with Crippen molar-refractivity contribution in [1.82, 2.24) is 0 Å². The topological polar surface area (TPSA) is 99.5 Å². The van der Waals surface area contributed by atoms with E-state index in [1.807, 2.05) is 0 Å².